The Morgan fingerprint density at radius 2 is 2.03 bits per heavy atom. The van der Waals surface area contributed by atoms with Gasteiger partial charge in [-0.2, -0.15) is 5.10 Å². The maximum absolute atomic E-state index is 14.9. The summed E-state index contributed by atoms with van der Waals surface area (Å²) in [5.41, 5.74) is 2.99. The Kier molecular flexibility index (Phi) is 4.66. The van der Waals surface area contributed by atoms with Crippen molar-refractivity contribution in [3.05, 3.63) is 43.0 Å². The smallest absolute Gasteiger partial charge is 0.147 e. The van der Waals surface area contributed by atoms with Crippen LogP contribution in [0.4, 0.5) is 10.2 Å². The van der Waals surface area contributed by atoms with Gasteiger partial charge in [-0.1, -0.05) is 6.07 Å². The molecule has 0 amide bonds. The molecule has 30 heavy (non-hydrogen) atoms. The average molecular weight is 408 g/mol. The summed E-state index contributed by atoms with van der Waals surface area (Å²) < 4.78 is 16.6. The Bertz CT molecular complexity index is 1050. The lowest BCUT2D eigenvalue weighted by molar-refractivity contribution is 0.176. The SMILES string of the molecule is CN(c1cnc(-c2ccc(-c3cnn(C)c3)cc2O)cn1)[C@H]1C[C@@H]2CC[C@@H](N2)[C@H]1F. The molecule has 0 unspecified atom stereocenters. The van der Waals surface area contributed by atoms with Crippen LogP contribution >= 0.6 is 0 Å². The molecule has 2 aromatic heterocycles. The number of hydrogen-bond donors (Lipinski definition) is 2. The second-order valence-corrected chi connectivity index (χ2v) is 8.30. The monoisotopic (exact) mass is 408 g/mol. The number of phenolic OH excluding ortho intramolecular Hbond substituents is 1. The van der Waals surface area contributed by atoms with Gasteiger partial charge in [0.2, 0.25) is 0 Å². The minimum atomic E-state index is -0.917. The molecule has 5 rings (SSSR count). The number of aryl methyl sites for hydroxylation is 1. The molecule has 4 heterocycles. The number of halogens is 1. The fourth-order valence-electron chi connectivity index (χ4n) is 4.66. The predicted octanol–water partition coefficient (Wildman–Crippen LogP) is 2.92. The van der Waals surface area contributed by atoms with Crippen molar-refractivity contribution in [1.29, 1.82) is 0 Å². The van der Waals surface area contributed by atoms with E-state index in [0.717, 1.165) is 30.4 Å². The van der Waals surface area contributed by atoms with Gasteiger partial charge >= 0.3 is 0 Å². The van der Waals surface area contributed by atoms with Gasteiger partial charge in [-0.25, -0.2) is 9.37 Å². The topological polar surface area (TPSA) is 79.1 Å². The molecule has 8 heteroatoms. The highest BCUT2D eigenvalue weighted by Crippen LogP contribution is 2.34. The van der Waals surface area contributed by atoms with Crippen molar-refractivity contribution in [3.63, 3.8) is 0 Å². The van der Waals surface area contributed by atoms with Crippen LogP contribution in [-0.2, 0) is 7.05 Å². The third kappa shape index (κ3) is 3.31. The van der Waals surface area contributed by atoms with Crippen molar-refractivity contribution in [2.45, 2.75) is 43.6 Å². The van der Waals surface area contributed by atoms with E-state index in [1.807, 2.05) is 37.3 Å². The molecule has 2 N–H and O–H groups in total. The molecule has 2 aliphatic heterocycles. The Hall–Kier alpha value is -3.00. The van der Waals surface area contributed by atoms with E-state index in [-0.39, 0.29) is 17.8 Å². The zero-order valence-corrected chi connectivity index (χ0v) is 17.0. The van der Waals surface area contributed by atoms with Crippen molar-refractivity contribution >= 4 is 5.82 Å². The number of piperidine rings is 1. The molecule has 0 spiro atoms. The molecule has 2 aliphatic rings. The molecule has 4 atom stereocenters. The number of nitrogens with zero attached hydrogens (tertiary/aromatic N) is 5. The van der Waals surface area contributed by atoms with E-state index >= 15 is 0 Å². The summed E-state index contributed by atoms with van der Waals surface area (Å²) in [5.74, 6) is 0.768. The summed E-state index contributed by atoms with van der Waals surface area (Å²) in [6.07, 6.45) is 8.72. The van der Waals surface area contributed by atoms with Crippen molar-refractivity contribution in [2.24, 2.45) is 7.05 Å². The second-order valence-electron chi connectivity index (χ2n) is 8.30. The van der Waals surface area contributed by atoms with E-state index in [9.17, 15) is 9.50 Å². The van der Waals surface area contributed by atoms with Gasteiger partial charge < -0.3 is 15.3 Å². The number of fused-ring (bicyclic) bond motifs is 2. The van der Waals surface area contributed by atoms with Crippen LogP contribution in [0.15, 0.2) is 43.0 Å². The lowest BCUT2D eigenvalue weighted by Gasteiger charge is -2.38. The molecule has 0 aliphatic carbocycles. The van der Waals surface area contributed by atoms with Gasteiger partial charge in [0.15, 0.2) is 0 Å². The van der Waals surface area contributed by atoms with E-state index in [1.165, 1.54) is 0 Å². The number of aromatic hydroxyl groups is 1. The Labute approximate surface area is 174 Å². The number of anilines is 1. The number of aromatic nitrogens is 4. The van der Waals surface area contributed by atoms with Crippen LogP contribution in [-0.4, -0.2) is 56.2 Å². The van der Waals surface area contributed by atoms with Gasteiger partial charge in [-0.05, 0) is 37.0 Å². The summed E-state index contributed by atoms with van der Waals surface area (Å²) >= 11 is 0. The molecule has 0 saturated carbocycles. The summed E-state index contributed by atoms with van der Waals surface area (Å²) in [7, 11) is 3.73. The van der Waals surface area contributed by atoms with E-state index in [1.54, 1.807) is 29.3 Å². The third-order valence-corrected chi connectivity index (χ3v) is 6.36. The lowest BCUT2D eigenvalue weighted by atomic mass is 9.96. The molecule has 7 nitrogen and oxygen atoms in total. The number of rotatable bonds is 4. The molecule has 0 radical (unpaired) electrons. The summed E-state index contributed by atoms with van der Waals surface area (Å²) in [4.78, 5) is 10.9. The van der Waals surface area contributed by atoms with E-state index < -0.39 is 6.17 Å². The summed E-state index contributed by atoms with van der Waals surface area (Å²) in [6, 6.07) is 5.58. The van der Waals surface area contributed by atoms with Crippen LogP contribution in [0.25, 0.3) is 22.4 Å². The fraction of sp³-hybridized carbons (Fsp3) is 0.409. The van der Waals surface area contributed by atoms with Gasteiger partial charge in [0.25, 0.3) is 0 Å². The first-order chi connectivity index (χ1) is 14.5. The van der Waals surface area contributed by atoms with Gasteiger partial charge in [0, 0.05) is 43.5 Å². The van der Waals surface area contributed by atoms with Crippen LogP contribution in [0.2, 0.25) is 0 Å². The lowest BCUT2D eigenvalue weighted by Crippen LogP contribution is -2.55. The fourth-order valence-corrected chi connectivity index (χ4v) is 4.66. The molecule has 2 saturated heterocycles. The zero-order valence-electron chi connectivity index (χ0n) is 17.0. The van der Waals surface area contributed by atoms with E-state index in [0.29, 0.717) is 23.1 Å². The van der Waals surface area contributed by atoms with Gasteiger partial charge in [-0.15, -0.1) is 0 Å². The molecular weight excluding hydrogens is 383 g/mol. The van der Waals surface area contributed by atoms with Crippen molar-refractivity contribution < 1.29 is 9.50 Å². The van der Waals surface area contributed by atoms with Crippen LogP contribution in [0.5, 0.6) is 5.75 Å². The molecule has 1 aromatic carbocycles. The first-order valence-electron chi connectivity index (χ1n) is 10.3. The van der Waals surface area contributed by atoms with Gasteiger partial charge in [0.1, 0.15) is 17.7 Å². The zero-order chi connectivity index (χ0) is 20.8. The Balaban J connectivity index is 1.36. The maximum Gasteiger partial charge on any atom is 0.147 e. The second kappa shape index (κ2) is 7.36. The molecule has 2 bridgehead atoms. The Morgan fingerprint density at radius 1 is 1.17 bits per heavy atom. The Morgan fingerprint density at radius 3 is 2.73 bits per heavy atom. The van der Waals surface area contributed by atoms with Crippen LogP contribution in [0.3, 0.4) is 0 Å². The third-order valence-electron chi connectivity index (χ3n) is 6.36. The standard InChI is InChI=1S/C22H25FN6O/c1-28-12-14(9-26-28)13-3-5-16(20(30)7-13)18-10-25-21(11-24-18)29(2)19-8-15-4-6-17(27-15)22(19)23/h3,5,7,9-12,15,17,19,22,27,30H,4,6,8H2,1-2H3/t15-,17+,19-,22+/m0/s1. The molecular formula is C22H25FN6O. The minimum Gasteiger partial charge on any atom is -0.507 e. The first-order valence-corrected chi connectivity index (χ1v) is 10.3. The van der Waals surface area contributed by atoms with Crippen LogP contribution in [0.1, 0.15) is 19.3 Å². The van der Waals surface area contributed by atoms with Gasteiger partial charge in [-0.3, -0.25) is 9.67 Å². The number of benzene rings is 1. The van der Waals surface area contributed by atoms with E-state index in [4.69, 9.17) is 0 Å². The number of alkyl halides is 1. The molecule has 3 aromatic rings. The van der Waals surface area contributed by atoms with Crippen LogP contribution < -0.4 is 10.2 Å². The van der Waals surface area contributed by atoms with Crippen molar-refractivity contribution in [1.82, 2.24) is 25.1 Å². The van der Waals surface area contributed by atoms with Crippen LogP contribution in [0, 0.1) is 0 Å². The normalized spacial score (nSPS) is 25.4. The maximum atomic E-state index is 14.9. The van der Waals surface area contributed by atoms with Crippen molar-refractivity contribution in [2.75, 3.05) is 11.9 Å². The largest absolute Gasteiger partial charge is 0.507 e. The highest BCUT2D eigenvalue weighted by molar-refractivity contribution is 5.73. The highest BCUT2D eigenvalue weighted by Gasteiger charge is 2.43. The summed E-state index contributed by atoms with van der Waals surface area (Å²) in [5, 5.41) is 18.1. The first kappa shape index (κ1) is 19.0. The van der Waals surface area contributed by atoms with Gasteiger partial charge in [0.05, 0.1) is 30.3 Å². The predicted molar refractivity (Wildman–Crippen MR) is 113 cm³/mol. The highest BCUT2D eigenvalue weighted by atomic mass is 19.1. The number of hydrogen-bond acceptors (Lipinski definition) is 6. The average Bonchev–Trinajstić information content (AvgIpc) is 3.37. The minimum absolute atomic E-state index is 0.0568. The van der Waals surface area contributed by atoms with E-state index in [2.05, 4.69) is 20.4 Å². The molecule has 2 fully saturated rings. The number of nitrogens with one attached hydrogen (secondary N) is 1. The summed E-state index contributed by atoms with van der Waals surface area (Å²) in [6.45, 7) is 0. The number of phenols is 1. The quantitative estimate of drug-likeness (QED) is 0.691. The van der Waals surface area contributed by atoms with Crippen molar-refractivity contribution in [3.8, 4) is 28.1 Å². The molecule has 156 valence electrons.